The molecule has 0 spiro atoms. The summed E-state index contributed by atoms with van der Waals surface area (Å²) in [5.41, 5.74) is 7.00. The van der Waals surface area contributed by atoms with Crippen LogP contribution in [0.4, 0.5) is 0 Å². The van der Waals surface area contributed by atoms with Crippen LogP contribution in [-0.2, 0) is 4.74 Å². The number of hydrogen-bond donors (Lipinski definition) is 2. The molecule has 1 aromatic rings. The van der Waals surface area contributed by atoms with E-state index in [1.807, 2.05) is 0 Å². The number of benzene rings is 1. The second kappa shape index (κ2) is 6.22. The lowest BCUT2D eigenvalue weighted by Crippen LogP contribution is -2.14. The molecule has 0 saturated heterocycles. The van der Waals surface area contributed by atoms with E-state index in [2.05, 4.69) is 4.74 Å². The van der Waals surface area contributed by atoms with Crippen molar-refractivity contribution in [3.63, 3.8) is 0 Å². The van der Waals surface area contributed by atoms with Gasteiger partial charge >= 0.3 is 5.97 Å². The van der Waals surface area contributed by atoms with Gasteiger partial charge in [-0.1, -0.05) is 0 Å². The fourth-order valence-electron chi connectivity index (χ4n) is 1.56. The van der Waals surface area contributed by atoms with Crippen molar-refractivity contribution in [1.82, 2.24) is 0 Å². The summed E-state index contributed by atoms with van der Waals surface area (Å²) in [6.45, 7) is -0.0211. The predicted octanol–water partition coefficient (Wildman–Crippen LogP) is 0.864. The molecule has 0 radical (unpaired) electrons. The minimum atomic E-state index is -0.426. The first kappa shape index (κ1) is 13.5. The number of esters is 1. The maximum absolute atomic E-state index is 11.4. The van der Waals surface area contributed by atoms with Crippen LogP contribution in [0.5, 0.6) is 5.75 Å². The highest BCUT2D eigenvalue weighted by atomic mass is 16.5. The van der Waals surface area contributed by atoms with Crippen molar-refractivity contribution in [2.45, 2.75) is 12.5 Å². The molecule has 94 valence electrons. The summed E-state index contributed by atoms with van der Waals surface area (Å²) < 4.78 is 9.80. The molecule has 1 unspecified atom stereocenters. The van der Waals surface area contributed by atoms with Gasteiger partial charge in [0.1, 0.15) is 5.75 Å². The molecule has 1 rings (SSSR count). The van der Waals surface area contributed by atoms with E-state index >= 15 is 0 Å². The number of aliphatic hydroxyl groups is 1. The normalized spacial score (nSPS) is 12.0. The topological polar surface area (TPSA) is 81.8 Å². The zero-order valence-electron chi connectivity index (χ0n) is 9.97. The molecule has 1 atom stereocenters. The Bertz CT molecular complexity index is 392. The summed E-state index contributed by atoms with van der Waals surface area (Å²) in [6, 6.07) is 4.53. The van der Waals surface area contributed by atoms with Gasteiger partial charge in [-0.15, -0.1) is 0 Å². The molecule has 3 N–H and O–H groups in total. The van der Waals surface area contributed by atoms with Gasteiger partial charge in [-0.3, -0.25) is 0 Å². The largest absolute Gasteiger partial charge is 0.496 e. The molecule has 0 aliphatic carbocycles. The van der Waals surface area contributed by atoms with Crippen molar-refractivity contribution < 1.29 is 19.4 Å². The SMILES string of the molecule is COC(=O)c1ccc(OC)c(C(N)CCO)c1. The van der Waals surface area contributed by atoms with Crippen LogP contribution in [0.1, 0.15) is 28.4 Å². The highest BCUT2D eigenvalue weighted by Crippen LogP contribution is 2.27. The molecule has 0 fully saturated rings. The zero-order chi connectivity index (χ0) is 12.8. The molecule has 17 heavy (non-hydrogen) atoms. The first-order chi connectivity index (χ1) is 8.13. The molecule has 1 aromatic carbocycles. The first-order valence-electron chi connectivity index (χ1n) is 5.26. The van der Waals surface area contributed by atoms with Gasteiger partial charge in [-0.25, -0.2) is 4.79 Å². The maximum Gasteiger partial charge on any atom is 0.337 e. The van der Waals surface area contributed by atoms with Crippen LogP contribution < -0.4 is 10.5 Å². The van der Waals surface area contributed by atoms with Crippen molar-refractivity contribution in [3.05, 3.63) is 29.3 Å². The van der Waals surface area contributed by atoms with Crippen LogP contribution in [0.2, 0.25) is 0 Å². The quantitative estimate of drug-likeness (QED) is 0.745. The third-order valence-electron chi connectivity index (χ3n) is 2.49. The molecule has 0 bridgehead atoms. The summed E-state index contributed by atoms with van der Waals surface area (Å²) in [5.74, 6) is 0.170. The molecule has 5 nitrogen and oxygen atoms in total. The van der Waals surface area contributed by atoms with E-state index < -0.39 is 5.97 Å². The van der Waals surface area contributed by atoms with E-state index in [0.717, 1.165) is 0 Å². The first-order valence-corrected chi connectivity index (χ1v) is 5.26. The van der Waals surface area contributed by atoms with Crippen LogP contribution in [-0.4, -0.2) is 31.9 Å². The van der Waals surface area contributed by atoms with Gasteiger partial charge in [-0.05, 0) is 24.6 Å². The van der Waals surface area contributed by atoms with Crippen LogP contribution >= 0.6 is 0 Å². The smallest absolute Gasteiger partial charge is 0.337 e. The Hall–Kier alpha value is -1.59. The molecular formula is C12H17NO4. The summed E-state index contributed by atoms with van der Waals surface area (Å²) in [5, 5.41) is 8.87. The van der Waals surface area contributed by atoms with Gasteiger partial charge in [0.2, 0.25) is 0 Å². The van der Waals surface area contributed by atoms with Crippen LogP contribution in [0, 0.1) is 0 Å². The van der Waals surface area contributed by atoms with Crippen molar-refractivity contribution in [2.75, 3.05) is 20.8 Å². The number of ether oxygens (including phenoxy) is 2. The molecular weight excluding hydrogens is 222 g/mol. The van der Waals surface area contributed by atoms with Gasteiger partial charge in [-0.2, -0.15) is 0 Å². The van der Waals surface area contributed by atoms with Gasteiger partial charge in [0.05, 0.1) is 19.8 Å². The minimum Gasteiger partial charge on any atom is -0.496 e. The summed E-state index contributed by atoms with van der Waals surface area (Å²) in [6.07, 6.45) is 0.404. The molecule has 0 aliphatic rings. The third-order valence-corrected chi connectivity index (χ3v) is 2.49. The highest BCUT2D eigenvalue weighted by molar-refractivity contribution is 5.89. The van der Waals surface area contributed by atoms with E-state index in [1.165, 1.54) is 14.2 Å². The number of carbonyl (C=O) groups is 1. The number of carbonyl (C=O) groups excluding carboxylic acids is 1. The second-order valence-electron chi connectivity index (χ2n) is 3.57. The van der Waals surface area contributed by atoms with Crippen molar-refractivity contribution in [2.24, 2.45) is 5.73 Å². The number of methoxy groups -OCH3 is 2. The fourth-order valence-corrected chi connectivity index (χ4v) is 1.56. The standard InChI is InChI=1S/C12H17NO4/c1-16-11-4-3-8(12(15)17-2)7-9(11)10(13)5-6-14/h3-4,7,10,14H,5-6,13H2,1-2H3. The lowest BCUT2D eigenvalue weighted by Gasteiger charge is -2.15. The third kappa shape index (κ3) is 3.18. The number of hydrogen-bond acceptors (Lipinski definition) is 5. The summed E-state index contributed by atoms with van der Waals surface area (Å²) >= 11 is 0. The second-order valence-corrected chi connectivity index (χ2v) is 3.57. The van der Waals surface area contributed by atoms with Crippen LogP contribution in [0.25, 0.3) is 0 Å². The lowest BCUT2D eigenvalue weighted by molar-refractivity contribution is 0.0600. The number of rotatable bonds is 5. The lowest BCUT2D eigenvalue weighted by atomic mass is 10.0. The van der Waals surface area contributed by atoms with E-state index in [0.29, 0.717) is 23.3 Å². The van der Waals surface area contributed by atoms with E-state index in [9.17, 15) is 4.79 Å². The Morgan fingerprint density at radius 1 is 1.47 bits per heavy atom. The molecule has 0 amide bonds. The number of nitrogens with two attached hydrogens (primary N) is 1. The van der Waals surface area contributed by atoms with Gasteiger partial charge < -0.3 is 20.3 Å². The van der Waals surface area contributed by atoms with Crippen molar-refractivity contribution >= 4 is 5.97 Å². The fraction of sp³-hybridized carbons (Fsp3) is 0.417. The van der Waals surface area contributed by atoms with E-state index in [1.54, 1.807) is 18.2 Å². The molecule has 0 aliphatic heterocycles. The van der Waals surface area contributed by atoms with Crippen molar-refractivity contribution in [1.29, 1.82) is 0 Å². The molecule has 5 heteroatoms. The average molecular weight is 239 g/mol. The highest BCUT2D eigenvalue weighted by Gasteiger charge is 2.15. The Balaban J connectivity index is 3.10. The molecule has 0 heterocycles. The Morgan fingerprint density at radius 3 is 2.71 bits per heavy atom. The van der Waals surface area contributed by atoms with E-state index in [-0.39, 0.29) is 12.6 Å². The Morgan fingerprint density at radius 2 is 2.18 bits per heavy atom. The molecule has 0 aromatic heterocycles. The van der Waals surface area contributed by atoms with Crippen molar-refractivity contribution in [3.8, 4) is 5.75 Å². The average Bonchev–Trinajstić information content (AvgIpc) is 2.37. The Kier molecular flexibility index (Phi) is 4.93. The minimum absolute atomic E-state index is 0.0211. The Labute approximate surface area is 100 Å². The monoisotopic (exact) mass is 239 g/mol. The van der Waals surface area contributed by atoms with Gasteiger partial charge in [0.25, 0.3) is 0 Å². The van der Waals surface area contributed by atoms with E-state index in [4.69, 9.17) is 15.6 Å². The zero-order valence-corrected chi connectivity index (χ0v) is 9.97. The molecule has 0 saturated carbocycles. The predicted molar refractivity (Wildman–Crippen MR) is 63.0 cm³/mol. The van der Waals surface area contributed by atoms with Gasteiger partial charge in [0, 0.05) is 18.2 Å². The number of aliphatic hydroxyl groups excluding tert-OH is 1. The van der Waals surface area contributed by atoms with Gasteiger partial charge in [0.15, 0.2) is 0 Å². The summed E-state index contributed by atoms with van der Waals surface area (Å²) in [4.78, 5) is 11.4. The van der Waals surface area contributed by atoms with Crippen LogP contribution in [0.15, 0.2) is 18.2 Å². The van der Waals surface area contributed by atoms with Crippen LogP contribution in [0.3, 0.4) is 0 Å². The maximum atomic E-state index is 11.4. The summed E-state index contributed by atoms with van der Waals surface area (Å²) in [7, 11) is 2.85.